The number of nitrogens with one attached hydrogen (secondary N) is 2. The normalized spacial score (nSPS) is 24.2. The summed E-state index contributed by atoms with van der Waals surface area (Å²) in [6.45, 7) is 1.51. The third kappa shape index (κ3) is 3.55. The Labute approximate surface area is 199 Å². The first kappa shape index (κ1) is 21.5. The van der Waals surface area contributed by atoms with Crippen molar-refractivity contribution in [1.29, 1.82) is 0 Å². The number of hydrogen-bond acceptors (Lipinski definition) is 3. The van der Waals surface area contributed by atoms with E-state index in [2.05, 4.69) is 15.5 Å². The summed E-state index contributed by atoms with van der Waals surface area (Å²) < 4.78 is 29.0. The van der Waals surface area contributed by atoms with Crippen molar-refractivity contribution in [3.8, 4) is 0 Å². The summed E-state index contributed by atoms with van der Waals surface area (Å²) in [5.74, 6) is -1.32. The van der Waals surface area contributed by atoms with E-state index in [0.29, 0.717) is 27.9 Å². The summed E-state index contributed by atoms with van der Waals surface area (Å²) in [5.41, 5.74) is 1.33. The second kappa shape index (κ2) is 7.77. The molecule has 176 valence electrons. The lowest BCUT2D eigenvalue weighted by Gasteiger charge is -2.29. The first-order valence-corrected chi connectivity index (χ1v) is 11.9. The van der Waals surface area contributed by atoms with Crippen molar-refractivity contribution in [2.24, 2.45) is 11.8 Å². The van der Waals surface area contributed by atoms with Crippen LogP contribution in [0.25, 0.3) is 10.9 Å². The number of benzene rings is 2. The van der Waals surface area contributed by atoms with Gasteiger partial charge in [-0.3, -0.25) is 14.7 Å². The van der Waals surface area contributed by atoms with Crippen molar-refractivity contribution < 1.29 is 18.4 Å². The molecule has 1 aliphatic heterocycles. The van der Waals surface area contributed by atoms with Gasteiger partial charge in [-0.25, -0.2) is 8.78 Å². The van der Waals surface area contributed by atoms with Crippen LogP contribution in [0.15, 0.2) is 30.5 Å². The Hall–Kier alpha value is -3.00. The Balaban J connectivity index is 1.29. The van der Waals surface area contributed by atoms with Crippen LogP contribution >= 0.6 is 11.6 Å². The van der Waals surface area contributed by atoms with Crippen molar-refractivity contribution in [3.63, 3.8) is 0 Å². The molecule has 0 radical (unpaired) electrons. The number of aryl methyl sites for hydroxylation is 1. The topological polar surface area (TPSA) is 78.1 Å². The number of aromatic nitrogens is 2. The number of piperidine rings is 1. The fourth-order valence-electron chi connectivity index (χ4n) is 5.34. The lowest BCUT2D eigenvalue weighted by atomic mass is 9.99. The summed E-state index contributed by atoms with van der Waals surface area (Å²) in [4.78, 5) is 28.7. The number of hydrogen-bond donors (Lipinski definition) is 2. The smallest absolute Gasteiger partial charge is 0.257 e. The standard InChI is InChI=1S/C25H23ClF2N4O2/c1-11-4-19(28)16(9-18(11)27)22(12-2-3-12)30-24(33)21-7-13-6-20(13)32(21)25(34)17-8-15(26)5-14-10-29-31-23(14)17/h4-5,8-10,12-13,20-22H,2-3,6-7H2,1H3,(H,29,31)(H,30,33)/t13-,20-,21-,22-/m1/s1. The number of rotatable bonds is 5. The molecule has 9 heteroatoms. The zero-order valence-corrected chi connectivity index (χ0v) is 19.2. The fourth-order valence-corrected chi connectivity index (χ4v) is 5.57. The second-order valence-electron chi connectivity index (χ2n) is 9.76. The Morgan fingerprint density at radius 3 is 2.74 bits per heavy atom. The zero-order chi connectivity index (χ0) is 23.7. The summed E-state index contributed by atoms with van der Waals surface area (Å²) in [7, 11) is 0. The van der Waals surface area contributed by atoms with Crippen molar-refractivity contribution in [2.45, 2.75) is 50.7 Å². The summed E-state index contributed by atoms with van der Waals surface area (Å²) in [5, 5.41) is 11.0. The van der Waals surface area contributed by atoms with E-state index < -0.39 is 23.7 Å². The molecule has 2 N–H and O–H groups in total. The summed E-state index contributed by atoms with van der Waals surface area (Å²) in [6.07, 6.45) is 4.67. The molecule has 3 aliphatic rings. The third-order valence-electron chi connectivity index (χ3n) is 7.39. The molecule has 3 aromatic rings. The van der Waals surface area contributed by atoms with Crippen LogP contribution in [-0.2, 0) is 4.79 Å². The highest BCUT2D eigenvalue weighted by Crippen LogP contribution is 2.49. The number of halogens is 3. The maximum atomic E-state index is 14.7. The Morgan fingerprint density at radius 2 is 1.97 bits per heavy atom. The molecule has 2 aliphatic carbocycles. The minimum absolute atomic E-state index is 0.00636. The molecule has 3 fully saturated rings. The largest absolute Gasteiger partial charge is 0.347 e. The van der Waals surface area contributed by atoms with E-state index in [4.69, 9.17) is 11.6 Å². The molecule has 1 saturated heterocycles. The molecule has 6 nitrogen and oxygen atoms in total. The predicted octanol–water partition coefficient (Wildman–Crippen LogP) is 4.67. The van der Waals surface area contributed by atoms with E-state index in [-0.39, 0.29) is 40.8 Å². The van der Waals surface area contributed by atoms with Crippen LogP contribution in [0.4, 0.5) is 8.78 Å². The van der Waals surface area contributed by atoms with E-state index in [1.165, 1.54) is 19.1 Å². The molecule has 0 spiro atoms. The molecule has 1 aromatic heterocycles. The van der Waals surface area contributed by atoms with Crippen LogP contribution in [0.1, 0.15) is 53.2 Å². The molecular formula is C25H23ClF2N4O2. The lowest BCUT2D eigenvalue weighted by molar-refractivity contribution is -0.126. The van der Waals surface area contributed by atoms with Gasteiger partial charge in [-0.05, 0) is 74.3 Å². The first-order chi connectivity index (χ1) is 16.3. The van der Waals surface area contributed by atoms with Crippen molar-refractivity contribution in [1.82, 2.24) is 20.4 Å². The Bertz CT molecular complexity index is 1340. The number of carbonyl (C=O) groups excluding carboxylic acids is 2. The molecular weight excluding hydrogens is 462 g/mol. The van der Waals surface area contributed by atoms with Gasteiger partial charge in [0.1, 0.15) is 17.7 Å². The van der Waals surface area contributed by atoms with Crippen LogP contribution < -0.4 is 5.32 Å². The van der Waals surface area contributed by atoms with E-state index in [9.17, 15) is 18.4 Å². The maximum Gasteiger partial charge on any atom is 0.257 e. The number of aromatic amines is 1. The average Bonchev–Trinajstić information content (AvgIpc) is 3.71. The minimum Gasteiger partial charge on any atom is -0.347 e. The SMILES string of the molecule is Cc1cc(F)c([C@H](NC(=O)[C@H]2C[C@H]3C[C@H]3N2C(=O)c2cc(Cl)cc3cn[nH]c23)C2CC2)cc1F. The number of H-pyrrole nitrogens is 1. The van der Waals surface area contributed by atoms with Crippen molar-refractivity contribution in [3.05, 3.63) is 63.8 Å². The van der Waals surface area contributed by atoms with Gasteiger partial charge in [0, 0.05) is 22.0 Å². The number of fused-ring (bicyclic) bond motifs is 2. The predicted molar refractivity (Wildman–Crippen MR) is 122 cm³/mol. The van der Waals surface area contributed by atoms with Gasteiger partial charge in [-0.15, -0.1) is 0 Å². The van der Waals surface area contributed by atoms with Crippen LogP contribution in [0.3, 0.4) is 0 Å². The number of likely N-dealkylation sites (tertiary alicyclic amines) is 1. The van der Waals surface area contributed by atoms with Gasteiger partial charge in [0.15, 0.2) is 0 Å². The van der Waals surface area contributed by atoms with Crippen molar-refractivity contribution in [2.75, 3.05) is 0 Å². The first-order valence-electron chi connectivity index (χ1n) is 11.5. The Kier molecular flexibility index (Phi) is 4.92. The highest BCUT2D eigenvalue weighted by molar-refractivity contribution is 6.32. The highest BCUT2D eigenvalue weighted by atomic mass is 35.5. The maximum absolute atomic E-state index is 14.7. The molecule has 2 aromatic carbocycles. The fraction of sp³-hybridized carbons (Fsp3) is 0.400. The summed E-state index contributed by atoms with van der Waals surface area (Å²) >= 11 is 6.24. The second-order valence-corrected chi connectivity index (χ2v) is 10.2. The molecule has 2 amide bonds. The molecule has 4 atom stereocenters. The number of carbonyl (C=O) groups is 2. The van der Waals surface area contributed by atoms with Crippen LogP contribution in [0.5, 0.6) is 0 Å². The van der Waals surface area contributed by atoms with E-state index >= 15 is 0 Å². The van der Waals surface area contributed by atoms with Gasteiger partial charge >= 0.3 is 0 Å². The zero-order valence-electron chi connectivity index (χ0n) is 18.4. The summed E-state index contributed by atoms with van der Waals surface area (Å²) in [6, 6.07) is 4.36. The van der Waals surface area contributed by atoms with Crippen LogP contribution in [0, 0.1) is 30.4 Å². The van der Waals surface area contributed by atoms with E-state index in [1.807, 2.05) is 0 Å². The third-order valence-corrected chi connectivity index (χ3v) is 7.61. The average molecular weight is 485 g/mol. The highest BCUT2D eigenvalue weighted by Gasteiger charge is 2.56. The number of nitrogens with zero attached hydrogens (tertiary/aromatic N) is 2. The van der Waals surface area contributed by atoms with Gasteiger partial charge in [0.05, 0.1) is 23.3 Å². The monoisotopic (exact) mass is 484 g/mol. The lowest BCUT2D eigenvalue weighted by Crippen LogP contribution is -2.49. The van der Waals surface area contributed by atoms with Gasteiger partial charge in [-0.1, -0.05) is 11.6 Å². The molecule has 2 heterocycles. The molecule has 34 heavy (non-hydrogen) atoms. The molecule has 0 bridgehead atoms. The van der Waals surface area contributed by atoms with E-state index in [1.54, 1.807) is 23.2 Å². The van der Waals surface area contributed by atoms with Crippen molar-refractivity contribution >= 4 is 34.3 Å². The molecule has 2 saturated carbocycles. The van der Waals surface area contributed by atoms with Crippen LogP contribution in [-0.4, -0.2) is 39.0 Å². The van der Waals surface area contributed by atoms with Gasteiger partial charge in [0.2, 0.25) is 5.91 Å². The minimum atomic E-state index is -0.673. The van der Waals surface area contributed by atoms with Gasteiger partial charge in [0.25, 0.3) is 5.91 Å². The van der Waals surface area contributed by atoms with Crippen LogP contribution in [0.2, 0.25) is 5.02 Å². The molecule has 0 unspecified atom stereocenters. The number of amides is 2. The van der Waals surface area contributed by atoms with E-state index in [0.717, 1.165) is 19.3 Å². The van der Waals surface area contributed by atoms with Gasteiger partial charge < -0.3 is 10.2 Å². The Morgan fingerprint density at radius 1 is 1.18 bits per heavy atom. The van der Waals surface area contributed by atoms with Gasteiger partial charge in [-0.2, -0.15) is 5.10 Å². The quantitative estimate of drug-likeness (QED) is 0.552. The molecule has 6 rings (SSSR count).